The molecule has 0 aromatic heterocycles. The molecule has 0 fully saturated rings. The third-order valence-corrected chi connectivity index (χ3v) is 2.94. The van der Waals surface area contributed by atoms with Crippen LogP contribution in [-0.2, 0) is 25.6 Å². The van der Waals surface area contributed by atoms with Gasteiger partial charge in [0, 0.05) is 17.1 Å². The summed E-state index contributed by atoms with van der Waals surface area (Å²) in [6.07, 6.45) is 0. The Morgan fingerprint density at radius 1 is 0.950 bits per heavy atom. The van der Waals surface area contributed by atoms with Crippen LogP contribution in [0.1, 0.15) is 5.56 Å². The highest BCUT2D eigenvalue weighted by Crippen LogP contribution is 2.15. The van der Waals surface area contributed by atoms with Gasteiger partial charge in [0.1, 0.15) is 5.82 Å². The fourth-order valence-electron chi connectivity index (χ4n) is 1.40. The predicted molar refractivity (Wildman–Crippen MR) is 77.3 cm³/mol. The molecule has 0 N–H and O–H groups in total. The van der Waals surface area contributed by atoms with Crippen LogP contribution in [0.15, 0.2) is 22.7 Å². The quantitative estimate of drug-likeness (QED) is 0.575. The Kier molecular flexibility index (Phi) is 9.78. The minimum absolute atomic E-state index is 0.243. The molecular formula is C14H20BrFO4. The van der Waals surface area contributed by atoms with Gasteiger partial charge in [-0.3, -0.25) is 0 Å². The van der Waals surface area contributed by atoms with E-state index in [2.05, 4.69) is 15.9 Å². The minimum Gasteiger partial charge on any atom is -0.382 e. The lowest BCUT2D eigenvalue weighted by Crippen LogP contribution is -2.11. The molecule has 0 radical (unpaired) electrons. The number of methoxy groups -OCH3 is 1. The van der Waals surface area contributed by atoms with E-state index in [9.17, 15) is 4.39 Å². The summed E-state index contributed by atoms with van der Waals surface area (Å²) < 4.78 is 34.9. The van der Waals surface area contributed by atoms with Crippen LogP contribution in [0.4, 0.5) is 4.39 Å². The van der Waals surface area contributed by atoms with Crippen LogP contribution < -0.4 is 0 Å². The second-order valence-corrected chi connectivity index (χ2v) is 4.92. The van der Waals surface area contributed by atoms with E-state index in [1.54, 1.807) is 19.2 Å². The molecule has 0 aliphatic heterocycles. The molecule has 0 bridgehead atoms. The first kappa shape index (κ1) is 17.5. The lowest BCUT2D eigenvalue weighted by atomic mass is 10.2. The second-order valence-electron chi connectivity index (χ2n) is 4.01. The molecule has 0 unspecified atom stereocenters. The summed E-state index contributed by atoms with van der Waals surface area (Å²) in [5, 5.41) is 0. The Balaban J connectivity index is 1.97. The third kappa shape index (κ3) is 7.91. The average molecular weight is 351 g/mol. The van der Waals surface area contributed by atoms with Crippen molar-refractivity contribution in [3.05, 3.63) is 34.1 Å². The predicted octanol–water partition coefficient (Wildman–Crippen LogP) is 2.78. The molecule has 1 rings (SSSR count). The van der Waals surface area contributed by atoms with Crippen LogP contribution in [0.25, 0.3) is 0 Å². The number of hydrogen-bond donors (Lipinski definition) is 0. The maximum atomic E-state index is 13.5. The zero-order valence-electron chi connectivity index (χ0n) is 11.6. The maximum Gasteiger partial charge on any atom is 0.129 e. The fraction of sp³-hybridized carbons (Fsp3) is 0.571. The van der Waals surface area contributed by atoms with E-state index in [1.807, 2.05) is 0 Å². The van der Waals surface area contributed by atoms with Crippen molar-refractivity contribution >= 4 is 15.9 Å². The number of hydrogen-bond acceptors (Lipinski definition) is 4. The van der Waals surface area contributed by atoms with Gasteiger partial charge in [-0.2, -0.15) is 0 Å². The Hall–Kier alpha value is -0.530. The monoisotopic (exact) mass is 350 g/mol. The van der Waals surface area contributed by atoms with Crippen molar-refractivity contribution in [1.29, 1.82) is 0 Å². The molecule has 0 aliphatic carbocycles. The smallest absolute Gasteiger partial charge is 0.129 e. The lowest BCUT2D eigenvalue weighted by Gasteiger charge is -2.07. The van der Waals surface area contributed by atoms with Gasteiger partial charge in [0.25, 0.3) is 0 Å². The van der Waals surface area contributed by atoms with Crippen molar-refractivity contribution in [3.63, 3.8) is 0 Å². The molecule has 0 atom stereocenters. The number of rotatable bonds is 11. The Morgan fingerprint density at radius 3 is 2.15 bits per heavy atom. The van der Waals surface area contributed by atoms with Crippen LogP contribution in [0.2, 0.25) is 0 Å². The van der Waals surface area contributed by atoms with Crippen LogP contribution in [0, 0.1) is 5.82 Å². The zero-order valence-corrected chi connectivity index (χ0v) is 13.2. The van der Waals surface area contributed by atoms with E-state index < -0.39 is 0 Å². The van der Waals surface area contributed by atoms with E-state index in [0.717, 1.165) is 4.47 Å². The van der Waals surface area contributed by atoms with Crippen LogP contribution in [0.5, 0.6) is 0 Å². The standard InChI is InChI=1S/C14H20BrFO4/c1-17-4-5-18-6-7-19-8-9-20-11-12-2-3-13(15)10-14(12)16/h2-3,10H,4-9,11H2,1H3. The summed E-state index contributed by atoms with van der Waals surface area (Å²) in [6.45, 7) is 3.33. The average Bonchev–Trinajstić information content (AvgIpc) is 2.43. The van der Waals surface area contributed by atoms with E-state index >= 15 is 0 Å². The minimum atomic E-state index is -0.271. The van der Waals surface area contributed by atoms with E-state index in [-0.39, 0.29) is 12.4 Å². The van der Waals surface area contributed by atoms with E-state index in [1.165, 1.54) is 6.07 Å². The number of ether oxygens (including phenoxy) is 4. The molecule has 0 heterocycles. The molecular weight excluding hydrogens is 331 g/mol. The van der Waals surface area contributed by atoms with Crippen molar-refractivity contribution in [3.8, 4) is 0 Å². The number of benzene rings is 1. The van der Waals surface area contributed by atoms with Gasteiger partial charge < -0.3 is 18.9 Å². The molecule has 1 aromatic rings. The van der Waals surface area contributed by atoms with Crippen molar-refractivity contribution < 1.29 is 23.3 Å². The molecule has 0 spiro atoms. The third-order valence-electron chi connectivity index (χ3n) is 2.45. The van der Waals surface area contributed by atoms with Crippen molar-refractivity contribution in [1.82, 2.24) is 0 Å². The van der Waals surface area contributed by atoms with Gasteiger partial charge in [-0.15, -0.1) is 0 Å². The molecule has 20 heavy (non-hydrogen) atoms. The van der Waals surface area contributed by atoms with Crippen molar-refractivity contribution in [2.75, 3.05) is 46.8 Å². The highest BCUT2D eigenvalue weighted by Gasteiger charge is 2.02. The second kappa shape index (κ2) is 11.2. The van der Waals surface area contributed by atoms with Gasteiger partial charge in [0.05, 0.1) is 46.2 Å². The first-order valence-corrected chi connectivity index (χ1v) is 7.19. The fourth-order valence-corrected chi connectivity index (χ4v) is 1.74. The van der Waals surface area contributed by atoms with Crippen LogP contribution in [0.3, 0.4) is 0 Å². The summed E-state index contributed by atoms with van der Waals surface area (Å²) in [7, 11) is 1.63. The van der Waals surface area contributed by atoms with Gasteiger partial charge >= 0.3 is 0 Å². The lowest BCUT2D eigenvalue weighted by molar-refractivity contribution is 0.000550. The highest BCUT2D eigenvalue weighted by atomic mass is 79.9. The maximum absolute atomic E-state index is 13.5. The van der Waals surface area contributed by atoms with Gasteiger partial charge in [-0.05, 0) is 12.1 Å². The summed E-state index contributed by atoms with van der Waals surface area (Å²) in [4.78, 5) is 0. The number of halogens is 2. The van der Waals surface area contributed by atoms with E-state index in [4.69, 9.17) is 18.9 Å². The van der Waals surface area contributed by atoms with E-state index in [0.29, 0.717) is 45.2 Å². The van der Waals surface area contributed by atoms with Crippen molar-refractivity contribution in [2.45, 2.75) is 6.61 Å². The molecule has 1 aromatic carbocycles. The Morgan fingerprint density at radius 2 is 1.55 bits per heavy atom. The summed E-state index contributed by atoms with van der Waals surface area (Å²) in [6, 6.07) is 4.91. The van der Waals surface area contributed by atoms with Gasteiger partial charge in [0.15, 0.2) is 0 Å². The van der Waals surface area contributed by atoms with Crippen LogP contribution in [-0.4, -0.2) is 46.8 Å². The summed E-state index contributed by atoms with van der Waals surface area (Å²) in [5.41, 5.74) is 0.538. The molecule has 0 aliphatic rings. The molecule has 4 nitrogen and oxygen atoms in total. The summed E-state index contributed by atoms with van der Waals surface area (Å²) in [5.74, 6) is -0.271. The Bertz CT molecular complexity index is 376. The van der Waals surface area contributed by atoms with Crippen LogP contribution >= 0.6 is 15.9 Å². The SMILES string of the molecule is COCCOCCOCCOCc1ccc(Br)cc1F. The van der Waals surface area contributed by atoms with Gasteiger partial charge in [-0.1, -0.05) is 22.0 Å². The summed E-state index contributed by atoms with van der Waals surface area (Å²) >= 11 is 3.21. The molecule has 0 saturated carbocycles. The zero-order chi connectivity index (χ0) is 14.6. The molecule has 6 heteroatoms. The molecule has 0 saturated heterocycles. The normalized spacial score (nSPS) is 10.9. The molecule has 114 valence electrons. The highest BCUT2D eigenvalue weighted by molar-refractivity contribution is 9.10. The van der Waals surface area contributed by atoms with Gasteiger partial charge in [0.2, 0.25) is 0 Å². The first-order chi connectivity index (χ1) is 9.74. The topological polar surface area (TPSA) is 36.9 Å². The molecule has 0 amide bonds. The Labute approximate surface area is 127 Å². The van der Waals surface area contributed by atoms with Gasteiger partial charge in [-0.25, -0.2) is 4.39 Å². The first-order valence-electron chi connectivity index (χ1n) is 6.40. The van der Waals surface area contributed by atoms with Crippen molar-refractivity contribution in [2.24, 2.45) is 0 Å². The largest absolute Gasteiger partial charge is 0.382 e.